The number of nitrogens with one attached hydrogen (secondary N) is 1. The van der Waals surface area contributed by atoms with Crippen LogP contribution in [0.1, 0.15) is 27.3 Å². The van der Waals surface area contributed by atoms with Crippen LogP contribution in [0.2, 0.25) is 0 Å². The largest absolute Gasteiger partial charge is 0.347 e. The van der Waals surface area contributed by atoms with Gasteiger partial charge in [0.15, 0.2) is 5.82 Å². The first-order chi connectivity index (χ1) is 13.8. The van der Waals surface area contributed by atoms with Gasteiger partial charge >= 0.3 is 0 Å². The number of carbonyl (C=O) groups is 2. The van der Waals surface area contributed by atoms with Crippen molar-refractivity contribution in [3.63, 3.8) is 0 Å². The van der Waals surface area contributed by atoms with E-state index < -0.39 is 6.04 Å². The lowest BCUT2D eigenvalue weighted by Gasteiger charge is -2.22. The molecule has 2 aromatic heterocycles. The molecule has 2 heterocycles. The number of pyridine rings is 1. The van der Waals surface area contributed by atoms with E-state index in [1.807, 2.05) is 50.2 Å². The Morgan fingerprint density at radius 2 is 1.83 bits per heavy atom. The Hall–Kier alpha value is -3.48. The molecule has 150 valence electrons. The zero-order valence-electron chi connectivity index (χ0n) is 17.1. The van der Waals surface area contributed by atoms with E-state index in [1.54, 1.807) is 30.9 Å². The molecule has 1 N–H and O–H groups in total. The molecule has 1 atom stereocenters. The molecule has 1 aromatic carbocycles. The van der Waals surface area contributed by atoms with E-state index in [1.165, 1.54) is 11.1 Å². The van der Waals surface area contributed by atoms with Crippen LogP contribution < -0.4 is 5.32 Å². The van der Waals surface area contributed by atoms with Crippen LogP contribution in [-0.4, -0.2) is 51.6 Å². The van der Waals surface area contributed by atoms with Crippen molar-refractivity contribution in [2.75, 3.05) is 14.1 Å². The third-order valence-corrected chi connectivity index (χ3v) is 4.56. The van der Waals surface area contributed by atoms with Crippen LogP contribution in [0.5, 0.6) is 0 Å². The van der Waals surface area contributed by atoms with Crippen molar-refractivity contribution in [1.29, 1.82) is 0 Å². The van der Waals surface area contributed by atoms with Crippen molar-refractivity contribution in [1.82, 2.24) is 25.0 Å². The van der Waals surface area contributed by atoms with Gasteiger partial charge in [0.25, 0.3) is 5.91 Å². The molecule has 0 fully saturated rings. The number of aromatic nitrogens is 3. The molecule has 0 saturated heterocycles. The van der Waals surface area contributed by atoms with Crippen molar-refractivity contribution in [2.24, 2.45) is 0 Å². The summed E-state index contributed by atoms with van der Waals surface area (Å²) in [6, 6.07) is 14.4. The van der Waals surface area contributed by atoms with E-state index in [9.17, 15) is 9.59 Å². The first-order valence-electron chi connectivity index (χ1n) is 9.41. The van der Waals surface area contributed by atoms with Gasteiger partial charge < -0.3 is 10.2 Å². The number of amides is 2. The van der Waals surface area contributed by atoms with Crippen molar-refractivity contribution in [3.8, 4) is 5.82 Å². The van der Waals surface area contributed by atoms with Crippen molar-refractivity contribution in [3.05, 3.63) is 77.2 Å². The van der Waals surface area contributed by atoms with Gasteiger partial charge in [-0.15, -0.1) is 0 Å². The number of nitrogens with zero attached hydrogens (tertiary/aromatic N) is 4. The molecule has 7 nitrogen and oxygen atoms in total. The molecule has 0 aliphatic carbocycles. The molecule has 0 aliphatic rings. The van der Waals surface area contributed by atoms with E-state index >= 15 is 0 Å². The second-order valence-corrected chi connectivity index (χ2v) is 7.19. The summed E-state index contributed by atoms with van der Waals surface area (Å²) in [4.78, 5) is 31.2. The summed E-state index contributed by atoms with van der Waals surface area (Å²) in [5.41, 5.74) is 3.23. The zero-order chi connectivity index (χ0) is 21.0. The average Bonchev–Trinajstić information content (AvgIpc) is 3.05. The van der Waals surface area contributed by atoms with Crippen LogP contribution in [0.3, 0.4) is 0 Å². The number of carbonyl (C=O) groups excluding carboxylic acids is 2. The van der Waals surface area contributed by atoms with Crippen LogP contribution in [0.25, 0.3) is 5.82 Å². The Morgan fingerprint density at radius 3 is 2.38 bits per heavy atom. The maximum Gasteiger partial charge on any atom is 0.253 e. The van der Waals surface area contributed by atoms with E-state index in [2.05, 4.69) is 15.4 Å². The maximum absolute atomic E-state index is 12.7. The van der Waals surface area contributed by atoms with Gasteiger partial charge in [-0.05, 0) is 37.6 Å². The van der Waals surface area contributed by atoms with Crippen molar-refractivity contribution < 1.29 is 9.59 Å². The van der Waals surface area contributed by atoms with Crippen molar-refractivity contribution in [2.45, 2.75) is 26.3 Å². The summed E-state index contributed by atoms with van der Waals surface area (Å²) < 4.78 is 1.73. The standard InChI is InChI=1S/C22H25N5O2/c1-15-12-16(2)27(25-15)20-11-10-18(14-23-20)21(28)24-19(22(29)26(3)4)13-17-8-6-5-7-9-17/h5-12,14,19H,13H2,1-4H3,(H,24,28). The van der Waals surface area contributed by atoms with Gasteiger partial charge in [-0.1, -0.05) is 30.3 Å². The number of aryl methyl sites for hydroxylation is 2. The minimum absolute atomic E-state index is 0.158. The molecule has 29 heavy (non-hydrogen) atoms. The fourth-order valence-corrected chi connectivity index (χ4v) is 3.11. The molecule has 2 amide bonds. The quantitative estimate of drug-likeness (QED) is 0.699. The SMILES string of the molecule is Cc1cc(C)n(-c2ccc(C(=O)NC(Cc3ccccc3)C(=O)N(C)C)cn2)n1. The predicted molar refractivity (Wildman–Crippen MR) is 111 cm³/mol. The highest BCUT2D eigenvalue weighted by molar-refractivity contribution is 5.97. The molecule has 0 bridgehead atoms. The first-order valence-corrected chi connectivity index (χ1v) is 9.41. The number of rotatable bonds is 6. The van der Waals surface area contributed by atoms with E-state index in [0.29, 0.717) is 17.8 Å². The van der Waals surface area contributed by atoms with Crippen LogP contribution in [0.15, 0.2) is 54.7 Å². The smallest absolute Gasteiger partial charge is 0.253 e. The molecular formula is C22H25N5O2. The average molecular weight is 391 g/mol. The van der Waals surface area contributed by atoms with Crippen molar-refractivity contribution >= 4 is 11.8 Å². The summed E-state index contributed by atoms with van der Waals surface area (Å²) in [7, 11) is 3.36. The van der Waals surface area contributed by atoms with Gasteiger partial charge in [-0.25, -0.2) is 9.67 Å². The lowest BCUT2D eigenvalue weighted by atomic mass is 10.0. The lowest BCUT2D eigenvalue weighted by molar-refractivity contribution is -0.130. The summed E-state index contributed by atoms with van der Waals surface area (Å²) in [5.74, 6) is 0.139. The van der Waals surface area contributed by atoms with Gasteiger partial charge in [0.2, 0.25) is 5.91 Å². The molecule has 3 aromatic rings. The molecule has 7 heteroatoms. The fourth-order valence-electron chi connectivity index (χ4n) is 3.11. The lowest BCUT2D eigenvalue weighted by Crippen LogP contribution is -2.47. The highest BCUT2D eigenvalue weighted by Crippen LogP contribution is 2.11. The molecular weight excluding hydrogens is 366 g/mol. The number of likely N-dealkylation sites (N-methyl/N-ethyl adjacent to an activating group) is 1. The van der Waals surface area contributed by atoms with Crippen LogP contribution in [0, 0.1) is 13.8 Å². The molecule has 0 saturated carbocycles. The molecule has 1 unspecified atom stereocenters. The first kappa shape index (κ1) is 20.3. The normalized spacial score (nSPS) is 11.7. The number of hydrogen-bond donors (Lipinski definition) is 1. The minimum Gasteiger partial charge on any atom is -0.347 e. The second kappa shape index (κ2) is 8.68. The Labute approximate surface area is 170 Å². The van der Waals surface area contributed by atoms with E-state index in [0.717, 1.165) is 17.0 Å². The van der Waals surface area contributed by atoms with Gasteiger partial charge in [0, 0.05) is 32.4 Å². The van der Waals surface area contributed by atoms with Gasteiger partial charge in [0.1, 0.15) is 6.04 Å². The maximum atomic E-state index is 12.7. The zero-order valence-corrected chi connectivity index (χ0v) is 17.1. The highest BCUT2D eigenvalue weighted by Gasteiger charge is 2.23. The van der Waals surface area contributed by atoms with E-state index in [4.69, 9.17) is 0 Å². The monoisotopic (exact) mass is 391 g/mol. The Balaban J connectivity index is 1.76. The van der Waals surface area contributed by atoms with Crippen LogP contribution >= 0.6 is 0 Å². The summed E-state index contributed by atoms with van der Waals surface area (Å²) in [6.07, 6.45) is 1.92. The van der Waals surface area contributed by atoms with Gasteiger partial charge in [-0.3, -0.25) is 9.59 Å². The highest BCUT2D eigenvalue weighted by atomic mass is 16.2. The van der Waals surface area contributed by atoms with E-state index in [-0.39, 0.29) is 11.8 Å². The van der Waals surface area contributed by atoms with Crippen LogP contribution in [0.4, 0.5) is 0 Å². The topological polar surface area (TPSA) is 80.1 Å². The Morgan fingerprint density at radius 1 is 1.10 bits per heavy atom. The van der Waals surface area contributed by atoms with Gasteiger partial charge in [0.05, 0.1) is 11.3 Å². The molecule has 0 radical (unpaired) electrons. The number of benzene rings is 1. The summed E-state index contributed by atoms with van der Waals surface area (Å²) in [5, 5.41) is 7.24. The third kappa shape index (κ3) is 4.87. The molecule has 0 aliphatic heterocycles. The molecule has 0 spiro atoms. The Kier molecular flexibility index (Phi) is 6.07. The summed E-state index contributed by atoms with van der Waals surface area (Å²) in [6.45, 7) is 3.86. The minimum atomic E-state index is -0.657. The molecule has 3 rings (SSSR count). The fraction of sp³-hybridized carbons (Fsp3) is 0.273. The summed E-state index contributed by atoms with van der Waals surface area (Å²) >= 11 is 0. The van der Waals surface area contributed by atoms with Crippen LogP contribution in [-0.2, 0) is 11.2 Å². The van der Waals surface area contributed by atoms with Gasteiger partial charge in [-0.2, -0.15) is 5.10 Å². The second-order valence-electron chi connectivity index (χ2n) is 7.19. The Bertz CT molecular complexity index is 994. The predicted octanol–water partition coefficient (Wildman–Crippen LogP) is 2.31. The number of hydrogen-bond acceptors (Lipinski definition) is 4. The third-order valence-electron chi connectivity index (χ3n) is 4.56.